The maximum absolute atomic E-state index is 9.16. The fraction of sp³-hybridized carbons (Fsp3) is 1.00. The molecule has 0 spiro atoms. The standard InChI is InChI=1S/C10H24N2O4.C9H21NO4.C6H15NO3/c13-7-3-11(4-8-14)1-2-12(5-9-15)6-10-16;1-2-3-10(4-5-11)9(6-12,7-13)8-14;8-4-1-7(2-5-9)3-6-10/h13-16H,1-10H2;11-14H,2-8H2,1H3;8-10H,1-6H2. The van der Waals surface area contributed by atoms with Gasteiger partial charge in [0.05, 0.1) is 78.2 Å². The third kappa shape index (κ3) is 23.0. The van der Waals surface area contributed by atoms with Crippen molar-refractivity contribution in [3.63, 3.8) is 0 Å². The first-order valence-electron chi connectivity index (χ1n) is 13.9. The van der Waals surface area contributed by atoms with Crippen molar-refractivity contribution in [2.24, 2.45) is 0 Å². The summed E-state index contributed by atoms with van der Waals surface area (Å²) in [7, 11) is 0. The van der Waals surface area contributed by atoms with Crippen LogP contribution in [0.4, 0.5) is 0 Å². The van der Waals surface area contributed by atoms with Crippen molar-refractivity contribution in [3.05, 3.63) is 0 Å². The van der Waals surface area contributed by atoms with E-state index in [1.54, 1.807) is 9.80 Å². The maximum atomic E-state index is 9.16. The molecule has 0 rings (SSSR count). The summed E-state index contributed by atoms with van der Waals surface area (Å²) in [6.07, 6.45) is 0.835. The van der Waals surface area contributed by atoms with Crippen LogP contribution in [0.1, 0.15) is 13.3 Å². The van der Waals surface area contributed by atoms with E-state index in [4.69, 9.17) is 56.2 Å². The molecule has 0 atom stereocenters. The van der Waals surface area contributed by atoms with Gasteiger partial charge in [0.1, 0.15) is 0 Å². The van der Waals surface area contributed by atoms with Crippen LogP contribution >= 0.6 is 0 Å². The molecule has 0 aromatic rings. The second kappa shape index (κ2) is 32.9. The Balaban J connectivity index is -0.000000527. The first-order chi connectivity index (χ1) is 19.3. The van der Waals surface area contributed by atoms with Gasteiger partial charge in [0.2, 0.25) is 0 Å². The molecule has 0 fully saturated rings. The minimum Gasteiger partial charge on any atom is -0.395 e. The molecule has 246 valence electrons. The first kappa shape index (κ1) is 43.8. The SMILES string of the molecule is CCCN(CCO)C(CO)(CO)CO.OCCN(CCO)CCN(CCO)CCO.OCCN(CCO)CCO. The normalized spacial score (nSPS) is 11.7. The van der Waals surface area contributed by atoms with Gasteiger partial charge in [-0.3, -0.25) is 19.6 Å². The van der Waals surface area contributed by atoms with E-state index < -0.39 is 5.54 Å². The maximum Gasteiger partial charge on any atom is 0.0907 e. The van der Waals surface area contributed by atoms with Gasteiger partial charge in [-0.15, -0.1) is 0 Å². The smallest absolute Gasteiger partial charge is 0.0907 e. The number of nitrogens with zero attached hydrogens (tertiary/aromatic N) is 4. The molecule has 11 N–H and O–H groups in total. The second-order valence-corrected chi connectivity index (χ2v) is 9.00. The van der Waals surface area contributed by atoms with E-state index in [1.807, 2.05) is 16.7 Å². The number of hydrogen-bond donors (Lipinski definition) is 11. The topological polar surface area (TPSA) is 235 Å². The number of hydrogen-bond acceptors (Lipinski definition) is 15. The summed E-state index contributed by atoms with van der Waals surface area (Å²) in [6, 6.07) is 0. The molecule has 0 saturated heterocycles. The lowest BCUT2D eigenvalue weighted by atomic mass is 10.0. The van der Waals surface area contributed by atoms with Gasteiger partial charge in [-0.25, -0.2) is 0 Å². The molecule has 0 aliphatic carbocycles. The quantitative estimate of drug-likeness (QED) is 0.0474. The number of rotatable bonds is 25. The summed E-state index contributed by atoms with van der Waals surface area (Å²) >= 11 is 0. The molecule has 0 heterocycles. The van der Waals surface area contributed by atoms with Crippen molar-refractivity contribution >= 4 is 0 Å². The zero-order valence-electron chi connectivity index (χ0n) is 24.5. The molecule has 0 amide bonds. The molecular weight excluding hydrogens is 532 g/mol. The van der Waals surface area contributed by atoms with Crippen LogP contribution in [0.15, 0.2) is 0 Å². The third-order valence-electron chi connectivity index (χ3n) is 6.06. The van der Waals surface area contributed by atoms with Crippen LogP contribution in [0.25, 0.3) is 0 Å². The van der Waals surface area contributed by atoms with Crippen LogP contribution in [0.3, 0.4) is 0 Å². The highest BCUT2D eigenvalue weighted by Gasteiger charge is 2.34. The van der Waals surface area contributed by atoms with Crippen LogP contribution in [-0.2, 0) is 0 Å². The van der Waals surface area contributed by atoms with Gasteiger partial charge < -0.3 is 56.2 Å². The van der Waals surface area contributed by atoms with Crippen molar-refractivity contribution in [2.75, 3.05) is 145 Å². The Bertz CT molecular complexity index is 428. The molecule has 0 aromatic heterocycles. The molecule has 0 radical (unpaired) electrons. The van der Waals surface area contributed by atoms with E-state index in [0.29, 0.717) is 72.0 Å². The monoisotopic (exact) mass is 592 g/mol. The van der Waals surface area contributed by atoms with Gasteiger partial charge in [0.25, 0.3) is 0 Å². The fourth-order valence-electron chi connectivity index (χ4n) is 3.71. The average molecular weight is 593 g/mol. The van der Waals surface area contributed by atoms with E-state index in [1.165, 1.54) is 0 Å². The predicted octanol–water partition coefficient (Wildman–Crippen LogP) is -5.77. The van der Waals surface area contributed by atoms with Crippen molar-refractivity contribution in [2.45, 2.75) is 18.9 Å². The van der Waals surface area contributed by atoms with Crippen LogP contribution in [0.5, 0.6) is 0 Å². The Labute approximate surface area is 239 Å². The van der Waals surface area contributed by atoms with Crippen LogP contribution < -0.4 is 0 Å². The lowest BCUT2D eigenvalue weighted by Gasteiger charge is -2.39. The summed E-state index contributed by atoms with van der Waals surface area (Å²) in [5, 5.41) is 97.0. The highest BCUT2D eigenvalue weighted by atomic mass is 16.3. The average Bonchev–Trinajstić information content (AvgIpc) is 2.95. The van der Waals surface area contributed by atoms with Crippen LogP contribution in [0.2, 0.25) is 0 Å². The summed E-state index contributed by atoms with van der Waals surface area (Å²) in [5.41, 5.74) is -1.02. The molecule has 40 heavy (non-hydrogen) atoms. The molecule has 0 bridgehead atoms. The van der Waals surface area contributed by atoms with Crippen molar-refractivity contribution in [3.8, 4) is 0 Å². The summed E-state index contributed by atoms with van der Waals surface area (Å²) in [5.74, 6) is 0. The molecule has 15 nitrogen and oxygen atoms in total. The Kier molecular flexibility index (Phi) is 36.1. The summed E-state index contributed by atoms with van der Waals surface area (Å²) in [6.45, 7) is 7.50. The Hall–Kier alpha value is -0.600. The van der Waals surface area contributed by atoms with E-state index in [2.05, 4.69) is 0 Å². The van der Waals surface area contributed by atoms with Crippen molar-refractivity contribution < 1.29 is 56.2 Å². The lowest BCUT2D eigenvalue weighted by molar-refractivity contribution is -0.0528. The number of aliphatic hydroxyl groups excluding tert-OH is 11. The van der Waals surface area contributed by atoms with E-state index in [-0.39, 0.29) is 72.7 Å². The number of aliphatic hydroxyl groups is 11. The van der Waals surface area contributed by atoms with Gasteiger partial charge in [-0.2, -0.15) is 0 Å². The summed E-state index contributed by atoms with van der Waals surface area (Å²) in [4.78, 5) is 7.40. The van der Waals surface area contributed by atoms with Crippen molar-refractivity contribution in [1.29, 1.82) is 0 Å². The predicted molar refractivity (Wildman–Crippen MR) is 152 cm³/mol. The molecule has 0 unspecified atom stereocenters. The Morgan fingerprint density at radius 2 is 0.600 bits per heavy atom. The number of β-amino-alcohol motifs (C(OH)–C–C–N with tert-alkyl or cyclic N) is 1. The van der Waals surface area contributed by atoms with E-state index in [0.717, 1.165) is 6.42 Å². The van der Waals surface area contributed by atoms with Crippen LogP contribution in [-0.4, -0.2) is 226 Å². The minimum atomic E-state index is -1.02. The largest absolute Gasteiger partial charge is 0.395 e. The molecular formula is C25H60N4O11. The highest BCUT2D eigenvalue weighted by molar-refractivity contribution is 4.89. The van der Waals surface area contributed by atoms with Crippen LogP contribution in [0, 0.1) is 0 Å². The van der Waals surface area contributed by atoms with E-state index >= 15 is 0 Å². The van der Waals surface area contributed by atoms with Gasteiger partial charge in [0, 0.05) is 65.4 Å². The molecule has 15 heteroatoms. The zero-order valence-corrected chi connectivity index (χ0v) is 24.5. The minimum absolute atomic E-state index is 0.0538. The molecule has 0 aliphatic rings. The molecule has 0 aliphatic heterocycles. The van der Waals surface area contributed by atoms with Gasteiger partial charge in [-0.1, -0.05) is 6.92 Å². The lowest BCUT2D eigenvalue weighted by Crippen LogP contribution is -2.58. The highest BCUT2D eigenvalue weighted by Crippen LogP contribution is 2.14. The zero-order chi connectivity index (χ0) is 31.1. The van der Waals surface area contributed by atoms with Gasteiger partial charge in [-0.05, 0) is 13.0 Å². The first-order valence-corrected chi connectivity index (χ1v) is 13.9. The summed E-state index contributed by atoms with van der Waals surface area (Å²) < 4.78 is 0. The second-order valence-electron chi connectivity index (χ2n) is 9.00. The third-order valence-corrected chi connectivity index (χ3v) is 6.06. The van der Waals surface area contributed by atoms with Crippen molar-refractivity contribution in [1.82, 2.24) is 19.6 Å². The Morgan fingerprint density at radius 1 is 0.350 bits per heavy atom. The van der Waals surface area contributed by atoms with E-state index in [9.17, 15) is 0 Å². The molecule has 0 aromatic carbocycles. The van der Waals surface area contributed by atoms with Gasteiger partial charge in [0.15, 0.2) is 0 Å². The molecule has 0 saturated carbocycles. The Morgan fingerprint density at radius 3 is 0.800 bits per heavy atom. The fourth-order valence-corrected chi connectivity index (χ4v) is 3.71. The van der Waals surface area contributed by atoms with Gasteiger partial charge >= 0.3 is 0 Å².